The summed E-state index contributed by atoms with van der Waals surface area (Å²) in [6, 6.07) is 8.97. The molecule has 34 heavy (non-hydrogen) atoms. The Morgan fingerprint density at radius 3 is 2.76 bits per heavy atom. The van der Waals surface area contributed by atoms with E-state index in [4.69, 9.17) is 20.2 Å². The molecule has 3 rings (SSSR count). The second kappa shape index (κ2) is 11.1. The number of benzene rings is 2. The van der Waals surface area contributed by atoms with Crippen molar-refractivity contribution in [3.63, 3.8) is 0 Å². The SMILES string of the molecule is C=CCc1cc(C=Nn2c([C@H](C)CC)nc3ccc(Br)cc3c2=O)cc(OC)c1OCC(N)=O. The van der Waals surface area contributed by atoms with E-state index in [1.165, 1.54) is 11.8 Å². The van der Waals surface area contributed by atoms with Gasteiger partial charge in [0.05, 0.1) is 24.2 Å². The monoisotopic (exact) mass is 526 g/mol. The van der Waals surface area contributed by atoms with Crippen LogP contribution in [-0.4, -0.2) is 35.5 Å². The highest BCUT2D eigenvalue weighted by molar-refractivity contribution is 9.10. The van der Waals surface area contributed by atoms with Crippen molar-refractivity contribution in [2.75, 3.05) is 13.7 Å². The van der Waals surface area contributed by atoms with Crippen molar-refractivity contribution in [2.24, 2.45) is 10.8 Å². The number of nitrogens with zero attached hydrogens (tertiary/aromatic N) is 3. The predicted octanol–water partition coefficient (Wildman–Crippen LogP) is 4.16. The van der Waals surface area contributed by atoms with Crippen LogP contribution < -0.4 is 20.8 Å². The molecule has 8 nitrogen and oxygen atoms in total. The van der Waals surface area contributed by atoms with E-state index in [0.717, 1.165) is 16.5 Å². The van der Waals surface area contributed by atoms with Crippen LogP contribution in [0.3, 0.4) is 0 Å². The minimum Gasteiger partial charge on any atom is -0.493 e. The van der Waals surface area contributed by atoms with E-state index in [1.807, 2.05) is 32.0 Å². The molecule has 9 heteroatoms. The summed E-state index contributed by atoms with van der Waals surface area (Å²) < 4.78 is 13.2. The minimum absolute atomic E-state index is 0.0216. The lowest BCUT2D eigenvalue weighted by atomic mass is 10.1. The lowest BCUT2D eigenvalue weighted by Gasteiger charge is -2.15. The van der Waals surface area contributed by atoms with Crippen LogP contribution in [0, 0.1) is 0 Å². The first-order chi connectivity index (χ1) is 16.3. The first-order valence-electron chi connectivity index (χ1n) is 10.8. The molecule has 1 atom stereocenters. The Morgan fingerprint density at radius 1 is 1.35 bits per heavy atom. The Labute approximate surface area is 206 Å². The van der Waals surface area contributed by atoms with E-state index in [-0.39, 0.29) is 18.1 Å². The van der Waals surface area contributed by atoms with Gasteiger partial charge < -0.3 is 15.2 Å². The number of aromatic nitrogens is 2. The molecule has 1 amide bonds. The molecule has 0 saturated carbocycles. The summed E-state index contributed by atoms with van der Waals surface area (Å²) in [5.41, 5.74) is 7.02. The maximum atomic E-state index is 13.3. The maximum Gasteiger partial charge on any atom is 0.282 e. The van der Waals surface area contributed by atoms with Gasteiger partial charge in [-0.25, -0.2) is 4.98 Å². The molecule has 0 aliphatic carbocycles. The Hall–Kier alpha value is -3.46. The van der Waals surface area contributed by atoms with Gasteiger partial charge in [-0.15, -0.1) is 6.58 Å². The molecule has 0 radical (unpaired) electrons. The summed E-state index contributed by atoms with van der Waals surface area (Å²) in [6.07, 6.45) is 4.55. The summed E-state index contributed by atoms with van der Waals surface area (Å²) >= 11 is 3.42. The number of hydrogen-bond donors (Lipinski definition) is 1. The molecule has 1 aromatic heterocycles. The summed E-state index contributed by atoms with van der Waals surface area (Å²) in [5, 5.41) is 4.98. The van der Waals surface area contributed by atoms with Crippen molar-refractivity contribution in [1.29, 1.82) is 0 Å². The van der Waals surface area contributed by atoms with Crippen LogP contribution in [0.25, 0.3) is 10.9 Å². The summed E-state index contributed by atoms with van der Waals surface area (Å²) in [7, 11) is 1.50. The number of hydrogen-bond acceptors (Lipinski definition) is 6. The van der Waals surface area contributed by atoms with E-state index in [1.54, 1.807) is 24.4 Å². The molecule has 0 unspecified atom stereocenters. The molecule has 0 fully saturated rings. The largest absolute Gasteiger partial charge is 0.493 e. The lowest BCUT2D eigenvalue weighted by molar-refractivity contribution is -0.119. The standard InChI is InChI=1S/C25H27BrN4O4/c1-5-7-17-10-16(11-21(33-4)23(17)34-14-22(27)31)13-28-30-24(15(3)6-2)29-20-9-8-18(26)12-19(20)25(30)32/h5,8-13,15H,1,6-7,14H2,2-4H3,(H2,27,31)/t15-/m1/s1. The first-order valence-corrected chi connectivity index (χ1v) is 11.6. The number of primary amides is 1. The maximum absolute atomic E-state index is 13.3. The molecule has 178 valence electrons. The molecule has 0 saturated heterocycles. The molecule has 0 aliphatic rings. The van der Waals surface area contributed by atoms with E-state index >= 15 is 0 Å². The van der Waals surface area contributed by atoms with Gasteiger partial charge in [0, 0.05) is 16.0 Å². The van der Waals surface area contributed by atoms with Gasteiger partial charge in [0.15, 0.2) is 18.1 Å². The fourth-order valence-electron chi connectivity index (χ4n) is 3.43. The molecule has 1 heterocycles. The van der Waals surface area contributed by atoms with Crippen molar-refractivity contribution >= 4 is 39.0 Å². The third-order valence-electron chi connectivity index (χ3n) is 5.31. The van der Waals surface area contributed by atoms with E-state index < -0.39 is 5.91 Å². The average Bonchev–Trinajstić information content (AvgIpc) is 2.82. The quantitative estimate of drug-likeness (QED) is 0.315. The summed E-state index contributed by atoms with van der Waals surface area (Å²) in [4.78, 5) is 29.2. The van der Waals surface area contributed by atoms with Gasteiger partial charge in [0.25, 0.3) is 11.5 Å². The van der Waals surface area contributed by atoms with Crippen LogP contribution in [0.2, 0.25) is 0 Å². The Bertz CT molecular complexity index is 1320. The Morgan fingerprint density at radius 2 is 2.12 bits per heavy atom. The number of carbonyl (C=O) groups excluding carboxylic acids is 1. The Balaban J connectivity index is 2.14. The number of halogens is 1. The van der Waals surface area contributed by atoms with Crippen LogP contribution in [0.4, 0.5) is 0 Å². The number of rotatable bonds is 10. The predicted molar refractivity (Wildman–Crippen MR) is 137 cm³/mol. The van der Waals surface area contributed by atoms with Crippen LogP contribution in [-0.2, 0) is 11.2 Å². The summed E-state index contributed by atoms with van der Waals surface area (Å²) in [6.45, 7) is 7.55. The van der Waals surface area contributed by atoms with Crippen molar-refractivity contribution in [3.05, 3.63) is 74.8 Å². The van der Waals surface area contributed by atoms with Crippen LogP contribution in [0.15, 0.2) is 57.4 Å². The Kier molecular flexibility index (Phi) is 8.22. The zero-order valence-corrected chi connectivity index (χ0v) is 21.0. The molecule has 0 spiro atoms. The average molecular weight is 527 g/mol. The fraction of sp³-hybridized carbons (Fsp3) is 0.280. The number of ether oxygens (including phenoxy) is 2. The number of nitrogens with two attached hydrogens (primary N) is 1. The minimum atomic E-state index is -0.593. The van der Waals surface area contributed by atoms with E-state index in [0.29, 0.717) is 40.2 Å². The zero-order valence-electron chi connectivity index (χ0n) is 19.4. The van der Waals surface area contributed by atoms with Crippen molar-refractivity contribution in [1.82, 2.24) is 9.66 Å². The second-order valence-electron chi connectivity index (χ2n) is 7.76. The smallest absolute Gasteiger partial charge is 0.282 e. The van der Waals surface area contributed by atoms with Crippen LogP contribution in [0.5, 0.6) is 11.5 Å². The van der Waals surface area contributed by atoms with Gasteiger partial charge in [-0.3, -0.25) is 9.59 Å². The van der Waals surface area contributed by atoms with Gasteiger partial charge >= 0.3 is 0 Å². The zero-order chi connectivity index (χ0) is 24.8. The van der Waals surface area contributed by atoms with E-state index in [9.17, 15) is 9.59 Å². The van der Waals surface area contributed by atoms with E-state index in [2.05, 4.69) is 27.6 Å². The lowest BCUT2D eigenvalue weighted by Crippen LogP contribution is -2.23. The number of allylic oxidation sites excluding steroid dienone is 1. The highest BCUT2D eigenvalue weighted by Crippen LogP contribution is 2.33. The van der Waals surface area contributed by atoms with Crippen molar-refractivity contribution < 1.29 is 14.3 Å². The van der Waals surface area contributed by atoms with Gasteiger partial charge in [-0.1, -0.05) is 35.9 Å². The number of methoxy groups -OCH3 is 1. The topological polar surface area (TPSA) is 109 Å². The third-order valence-corrected chi connectivity index (χ3v) is 5.80. The fourth-order valence-corrected chi connectivity index (χ4v) is 3.79. The van der Waals surface area contributed by atoms with Crippen molar-refractivity contribution in [3.8, 4) is 11.5 Å². The molecule has 0 bridgehead atoms. The van der Waals surface area contributed by atoms with Crippen molar-refractivity contribution in [2.45, 2.75) is 32.6 Å². The number of amides is 1. The highest BCUT2D eigenvalue weighted by Gasteiger charge is 2.17. The number of fused-ring (bicyclic) bond motifs is 1. The van der Waals surface area contributed by atoms with Gasteiger partial charge in [0.2, 0.25) is 0 Å². The summed E-state index contributed by atoms with van der Waals surface area (Å²) in [5.74, 6) is 0.835. The molecular formula is C25H27BrN4O4. The van der Waals surface area contributed by atoms with Gasteiger partial charge in [-0.05, 0) is 48.7 Å². The first kappa shape index (κ1) is 25.2. The normalized spacial score (nSPS) is 12.1. The molecule has 2 N–H and O–H groups in total. The number of carbonyl (C=O) groups is 1. The molecule has 3 aromatic rings. The van der Waals surface area contributed by atoms with Gasteiger partial charge in [-0.2, -0.15) is 9.78 Å². The molecule has 2 aromatic carbocycles. The third kappa shape index (κ3) is 5.53. The molecule has 0 aliphatic heterocycles. The second-order valence-corrected chi connectivity index (χ2v) is 8.68. The highest BCUT2D eigenvalue weighted by atomic mass is 79.9. The molecular weight excluding hydrogens is 500 g/mol. The van der Waals surface area contributed by atoms with Crippen LogP contribution >= 0.6 is 15.9 Å². The van der Waals surface area contributed by atoms with Crippen LogP contribution in [0.1, 0.15) is 43.1 Å². The van der Waals surface area contributed by atoms with Gasteiger partial charge in [0.1, 0.15) is 5.82 Å².